The fourth-order valence-corrected chi connectivity index (χ4v) is 3.82. The summed E-state index contributed by atoms with van der Waals surface area (Å²) in [5.74, 6) is -1.25. The summed E-state index contributed by atoms with van der Waals surface area (Å²) in [6.07, 6.45) is -1.93. The number of hydrogen-bond acceptors (Lipinski definition) is 6. The van der Waals surface area contributed by atoms with Crippen molar-refractivity contribution < 1.29 is 37.0 Å². The van der Waals surface area contributed by atoms with Crippen LogP contribution in [0.3, 0.4) is 0 Å². The van der Waals surface area contributed by atoms with Gasteiger partial charge in [0.25, 0.3) is 11.8 Å². The van der Waals surface area contributed by atoms with E-state index in [0.29, 0.717) is 37.4 Å². The van der Waals surface area contributed by atoms with Crippen LogP contribution in [0.2, 0.25) is 0 Å². The summed E-state index contributed by atoms with van der Waals surface area (Å²) in [5, 5.41) is 0. The Morgan fingerprint density at radius 1 is 1.15 bits per heavy atom. The molecule has 0 N–H and O–H groups in total. The Morgan fingerprint density at radius 2 is 1.82 bits per heavy atom. The van der Waals surface area contributed by atoms with Gasteiger partial charge in [0, 0.05) is 32.0 Å². The number of morpholine rings is 1. The quantitative estimate of drug-likeness (QED) is 0.614. The van der Waals surface area contributed by atoms with Gasteiger partial charge in [0.05, 0.1) is 24.5 Å². The molecule has 0 bridgehead atoms. The molecular formula is C22H21F3N4O5. The van der Waals surface area contributed by atoms with E-state index < -0.39 is 30.1 Å². The maximum atomic E-state index is 13.1. The molecule has 2 fully saturated rings. The van der Waals surface area contributed by atoms with Crippen molar-refractivity contribution in [3.8, 4) is 5.75 Å². The van der Waals surface area contributed by atoms with Crippen LogP contribution >= 0.6 is 0 Å². The van der Waals surface area contributed by atoms with Crippen LogP contribution in [0.25, 0.3) is 0 Å². The van der Waals surface area contributed by atoms with Crippen molar-refractivity contribution in [2.24, 2.45) is 0 Å². The van der Waals surface area contributed by atoms with Crippen LogP contribution in [0, 0.1) is 0 Å². The number of urea groups is 1. The number of alkyl halides is 3. The van der Waals surface area contributed by atoms with Gasteiger partial charge in [0.2, 0.25) is 0 Å². The first-order chi connectivity index (χ1) is 16.2. The molecule has 0 spiro atoms. The van der Waals surface area contributed by atoms with Gasteiger partial charge >= 0.3 is 12.4 Å². The van der Waals surface area contributed by atoms with E-state index in [9.17, 15) is 27.6 Å². The SMILES string of the molecule is CC1C(=O)N(c2ccc(OC(F)(F)F)cc2)C(=O)N1Cc1ccncc1C(=O)N1CCOCC1. The van der Waals surface area contributed by atoms with Crippen LogP contribution in [0.15, 0.2) is 42.7 Å². The second-order valence-electron chi connectivity index (χ2n) is 7.74. The topological polar surface area (TPSA) is 92.3 Å². The van der Waals surface area contributed by atoms with Crippen LogP contribution in [0.5, 0.6) is 5.75 Å². The lowest BCUT2D eigenvalue weighted by molar-refractivity contribution is -0.274. The van der Waals surface area contributed by atoms with Crippen molar-refractivity contribution >= 4 is 23.5 Å². The highest BCUT2D eigenvalue weighted by Crippen LogP contribution is 2.30. The number of amides is 4. The predicted octanol–water partition coefficient (Wildman–Crippen LogP) is 2.81. The van der Waals surface area contributed by atoms with Gasteiger partial charge in [-0.3, -0.25) is 14.6 Å². The molecule has 2 aliphatic rings. The molecule has 180 valence electrons. The highest BCUT2D eigenvalue weighted by atomic mass is 19.4. The summed E-state index contributed by atoms with van der Waals surface area (Å²) < 4.78 is 46.3. The van der Waals surface area contributed by atoms with Gasteiger partial charge in [-0.1, -0.05) is 0 Å². The Kier molecular flexibility index (Phi) is 6.42. The fraction of sp³-hybridized carbons (Fsp3) is 0.364. The van der Waals surface area contributed by atoms with E-state index in [2.05, 4.69) is 9.72 Å². The average Bonchev–Trinajstić information content (AvgIpc) is 3.02. The number of aromatic nitrogens is 1. The van der Waals surface area contributed by atoms with E-state index in [1.807, 2.05) is 0 Å². The van der Waals surface area contributed by atoms with E-state index in [0.717, 1.165) is 17.0 Å². The highest BCUT2D eigenvalue weighted by Gasteiger charge is 2.43. The number of halogens is 3. The molecule has 2 aliphatic heterocycles. The van der Waals surface area contributed by atoms with E-state index >= 15 is 0 Å². The molecule has 0 radical (unpaired) electrons. The number of pyridine rings is 1. The second-order valence-corrected chi connectivity index (χ2v) is 7.74. The number of imide groups is 1. The van der Waals surface area contributed by atoms with Gasteiger partial charge < -0.3 is 19.3 Å². The van der Waals surface area contributed by atoms with Gasteiger partial charge in [0.1, 0.15) is 11.8 Å². The molecule has 12 heteroatoms. The lowest BCUT2D eigenvalue weighted by Crippen LogP contribution is -2.41. The summed E-state index contributed by atoms with van der Waals surface area (Å²) in [5.41, 5.74) is 0.956. The number of anilines is 1. The zero-order valence-electron chi connectivity index (χ0n) is 18.1. The van der Waals surface area contributed by atoms with Crippen molar-refractivity contribution in [3.05, 3.63) is 53.9 Å². The Bertz CT molecular complexity index is 1090. The molecule has 4 rings (SSSR count). The third kappa shape index (κ3) is 4.81. The van der Waals surface area contributed by atoms with Gasteiger partial charge in [-0.2, -0.15) is 0 Å². The lowest BCUT2D eigenvalue weighted by Gasteiger charge is -2.28. The Labute approximate surface area is 192 Å². The number of nitrogens with zero attached hydrogens (tertiary/aromatic N) is 4. The Balaban J connectivity index is 1.54. The molecule has 2 saturated heterocycles. The van der Waals surface area contributed by atoms with E-state index in [-0.39, 0.29) is 18.1 Å². The standard InChI is InChI=1S/C22H21F3N4O5/c1-14-19(30)29(16-2-4-17(5-3-16)34-22(23,24)25)21(32)28(14)13-15-6-7-26-12-18(15)20(31)27-8-10-33-11-9-27/h2-7,12,14H,8-11,13H2,1H3. The first kappa shape index (κ1) is 23.5. The predicted molar refractivity (Wildman–Crippen MR) is 112 cm³/mol. The molecule has 3 heterocycles. The molecule has 0 saturated carbocycles. The lowest BCUT2D eigenvalue weighted by atomic mass is 10.1. The van der Waals surface area contributed by atoms with Crippen molar-refractivity contribution in [2.75, 3.05) is 31.2 Å². The van der Waals surface area contributed by atoms with Crippen molar-refractivity contribution in [1.82, 2.24) is 14.8 Å². The number of rotatable bonds is 5. The van der Waals surface area contributed by atoms with Crippen LogP contribution in [-0.2, 0) is 16.1 Å². The third-order valence-electron chi connectivity index (χ3n) is 5.59. The van der Waals surface area contributed by atoms with Crippen LogP contribution in [0.4, 0.5) is 23.7 Å². The molecule has 4 amide bonds. The molecule has 34 heavy (non-hydrogen) atoms. The Morgan fingerprint density at radius 3 is 2.47 bits per heavy atom. The monoisotopic (exact) mass is 478 g/mol. The van der Waals surface area contributed by atoms with E-state index in [4.69, 9.17) is 4.74 Å². The minimum atomic E-state index is -4.85. The highest BCUT2D eigenvalue weighted by molar-refractivity contribution is 6.21. The van der Waals surface area contributed by atoms with Gasteiger partial charge in [0.15, 0.2) is 0 Å². The zero-order chi connectivity index (χ0) is 24.5. The van der Waals surface area contributed by atoms with Gasteiger partial charge in [-0.15, -0.1) is 13.2 Å². The maximum Gasteiger partial charge on any atom is 0.573 e. The largest absolute Gasteiger partial charge is 0.573 e. The minimum Gasteiger partial charge on any atom is -0.406 e. The Hall–Kier alpha value is -3.67. The molecule has 9 nitrogen and oxygen atoms in total. The van der Waals surface area contributed by atoms with E-state index in [1.54, 1.807) is 17.9 Å². The van der Waals surface area contributed by atoms with Crippen molar-refractivity contribution in [2.45, 2.75) is 25.9 Å². The number of ether oxygens (including phenoxy) is 2. The molecule has 0 aliphatic carbocycles. The first-order valence-corrected chi connectivity index (χ1v) is 10.5. The molecule has 1 aromatic heterocycles. The van der Waals surface area contributed by atoms with Crippen LogP contribution in [-0.4, -0.2) is 71.3 Å². The third-order valence-corrected chi connectivity index (χ3v) is 5.59. The average molecular weight is 478 g/mol. The summed E-state index contributed by atoms with van der Waals surface area (Å²) in [4.78, 5) is 46.8. The summed E-state index contributed by atoms with van der Waals surface area (Å²) >= 11 is 0. The van der Waals surface area contributed by atoms with E-state index in [1.165, 1.54) is 29.4 Å². The number of carbonyl (C=O) groups is 3. The molecular weight excluding hydrogens is 457 g/mol. The molecule has 1 atom stereocenters. The number of carbonyl (C=O) groups excluding carboxylic acids is 3. The maximum absolute atomic E-state index is 13.1. The normalized spacial score (nSPS) is 19.1. The smallest absolute Gasteiger partial charge is 0.406 e. The molecule has 1 aromatic carbocycles. The molecule has 2 aromatic rings. The van der Waals surface area contributed by atoms with Crippen LogP contribution < -0.4 is 9.64 Å². The first-order valence-electron chi connectivity index (χ1n) is 10.5. The summed E-state index contributed by atoms with van der Waals surface area (Å²) in [7, 11) is 0. The van der Waals surface area contributed by atoms with Crippen LogP contribution in [0.1, 0.15) is 22.8 Å². The van der Waals surface area contributed by atoms with Gasteiger partial charge in [-0.25, -0.2) is 9.69 Å². The summed E-state index contributed by atoms with van der Waals surface area (Å²) in [6.45, 7) is 3.26. The van der Waals surface area contributed by atoms with Crippen molar-refractivity contribution in [3.63, 3.8) is 0 Å². The second kappa shape index (κ2) is 9.29. The van der Waals surface area contributed by atoms with Crippen molar-refractivity contribution in [1.29, 1.82) is 0 Å². The minimum absolute atomic E-state index is 0.0224. The van der Waals surface area contributed by atoms with Gasteiger partial charge in [-0.05, 0) is 42.8 Å². The summed E-state index contributed by atoms with van der Waals surface area (Å²) in [6, 6.07) is 4.57. The number of benzene rings is 1. The number of hydrogen-bond donors (Lipinski definition) is 0. The zero-order valence-corrected chi connectivity index (χ0v) is 18.1. The fourth-order valence-electron chi connectivity index (χ4n) is 3.82. The molecule has 1 unspecified atom stereocenters.